The van der Waals surface area contributed by atoms with Gasteiger partial charge in [-0.3, -0.25) is 4.79 Å². The molecular formula is C19H38Cl2N4O. The van der Waals surface area contributed by atoms with Crippen molar-refractivity contribution in [2.45, 2.75) is 51.5 Å². The van der Waals surface area contributed by atoms with E-state index < -0.39 is 0 Å². The smallest absolute Gasteiger partial charge is 0.223 e. The Hall–Kier alpha value is -0.0700. The molecule has 5 nitrogen and oxygen atoms in total. The van der Waals surface area contributed by atoms with Crippen molar-refractivity contribution < 1.29 is 4.79 Å². The van der Waals surface area contributed by atoms with Gasteiger partial charge in [-0.05, 0) is 51.6 Å². The van der Waals surface area contributed by atoms with Crippen LogP contribution in [0, 0.1) is 5.92 Å². The molecule has 26 heavy (non-hydrogen) atoms. The number of piperazine rings is 1. The third-order valence-corrected chi connectivity index (χ3v) is 6.15. The second-order valence-electron chi connectivity index (χ2n) is 8.03. The van der Waals surface area contributed by atoms with Crippen LogP contribution in [0.25, 0.3) is 0 Å². The van der Waals surface area contributed by atoms with E-state index in [9.17, 15) is 4.79 Å². The van der Waals surface area contributed by atoms with Crippen LogP contribution in [-0.4, -0.2) is 85.6 Å². The van der Waals surface area contributed by atoms with Crippen molar-refractivity contribution in [1.29, 1.82) is 0 Å². The summed E-state index contributed by atoms with van der Waals surface area (Å²) in [5.41, 5.74) is 0. The minimum atomic E-state index is 0. The van der Waals surface area contributed by atoms with Gasteiger partial charge in [0.1, 0.15) is 0 Å². The molecule has 7 heteroatoms. The molecule has 154 valence electrons. The highest BCUT2D eigenvalue weighted by Crippen LogP contribution is 2.22. The molecule has 3 rings (SSSR count). The SMILES string of the molecule is CC1CCCCN1CC1CCCN(CCC(=O)N2CCNCC2)C1.Cl.Cl. The summed E-state index contributed by atoms with van der Waals surface area (Å²) in [7, 11) is 0. The highest BCUT2D eigenvalue weighted by Gasteiger charge is 2.26. The molecule has 0 aromatic carbocycles. The first-order valence-electron chi connectivity index (χ1n) is 10.2. The van der Waals surface area contributed by atoms with E-state index >= 15 is 0 Å². The quantitative estimate of drug-likeness (QED) is 0.756. The van der Waals surface area contributed by atoms with E-state index in [1.165, 1.54) is 58.3 Å². The zero-order chi connectivity index (χ0) is 16.8. The van der Waals surface area contributed by atoms with Gasteiger partial charge in [-0.1, -0.05) is 6.42 Å². The molecule has 3 aliphatic heterocycles. The summed E-state index contributed by atoms with van der Waals surface area (Å²) in [5, 5.41) is 3.31. The largest absolute Gasteiger partial charge is 0.340 e. The molecule has 3 aliphatic rings. The first kappa shape index (κ1) is 24.0. The van der Waals surface area contributed by atoms with Crippen LogP contribution >= 0.6 is 24.8 Å². The normalized spacial score (nSPS) is 28.1. The Morgan fingerprint density at radius 2 is 1.77 bits per heavy atom. The predicted molar refractivity (Wildman–Crippen MR) is 113 cm³/mol. The zero-order valence-electron chi connectivity index (χ0n) is 16.3. The maximum absolute atomic E-state index is 12.3. The number of halogens is 2. The molecule has 2 unspecified atom stereocenters. The van der Waals surface area contributed by atoms with Gasteiger partial charge in [0.25, 0.3) is 0 Å². The van der Waals surface area contributed by atoms with E-state index in [1.807, 2.05) is 4.90 Å². The van der Waals surface area contributed by atoms with Crippen LogP contribution in [0.1, 0.15) is 45.4 Å². The van der Waals surface area contributed by atoms with Crippen LogP contribution in [0.15, 0.2) is 0 Å². The molecule has 3 saturated heterocycles. The van der Waals surface area contributed by atoms with Gasteiger partial charge < -0.3 is 20.0 Å². The number of carbonyl (C=O) groups excluding carboxylic acids is 1. The first-order valence-corrected chi connectivity index (χ1v) is 10.2. The van der Waals surface area contributed by atoms with Crippen molar-refractivity contribution in [2.24, 2.45) is 5.92 Å². The zero-order valence-corrected chi connectivity index (χ0v) is 18.0. The molecular weight excluding hydrogens is 371 g/mol. The first-order chi connectivity index (χ1) is 11.7. The molecule has 0 saturated carbocycles. The highest BCUT2D eigenvalue weighted by molar-refractivity contribution is 5.85. The van der Waals surface area contributed by atoms with Gasteiger partial charge in [0, 0.05) is 58.3 Å². The fourth-order valence-electron chi connectivity index (χ4n) is 4.59. The maximum atomic E-state index is 12.3. The van der Waals surface area contributed by atoms with E-state index in [0.717, 1.165) is 44.7 Å². The topological polar surface area (TPSA) is 38.8 Å². The summed E-state index contributed by atoms with van der Waals surface area (Å²) in [6.45, 7) is 11.9. The molecule has 3 heterocycles. The summed E-state index contributed by atoms with van der Waals surface area (Å²) in [6, 6.07) is 0.767. The molecule has 0 aromatic heterocycles. The Labute approximate surface area is 172 Å². The summed E-state index contributed by atoms with van der Waals surface area (Å²) in [6.07, 6.45) is 7.52. The van der Waals surface area contributed by atoms with Gasteiger partial charge in [-0.15, -0.1) is 24.8 Å². The Balaban J connectivity index is 0.00000169. The Morgan fingerprint density at radius 1 is 1.00 bits per heavy atom. The van der Waals surface area contributed by atoms with Gasteiger partial charge >= 0.3 is 0 Å². The van der Waals surface area contributed by atoms with Crippen molar-refractivity contribution in [1.82, 2.24) is 20.0 Å². The van der Waals surface area contributed by atoms with E-state index in [2.05, 4.69) is 22.0 Å². The number of hydrogen-bond donors (Lipinski definition) is 1. The van der Waals surface area contributed by atoms with Crippen molar-refractivity contribution in [2.75, 3.05) is 58.9 Å². The summed E-state index contributed by atoms with van der Waals surface area (Å²) in [4.78, 5) is 19.6. The number of piperidine rings is 2. The molecule has 1 N–H and O–H groups in total. The molecule has 3 fully saturated rings. The average Bonchev–Trinajstić information content (AvgIpc) is 2.63. The minimum absolute atomic E-state index is 0. The fraction of sp³-hybridized carbons (Fsp3) is 0.947. The van der Waals surface area contributed by atoms with E-state index in [0.29, 0.717) is 12.3 Å². The lowest BCUT2D eigenvalue weighted by atomic mass is 9.94. The predicted octanol–water partition coefficient (Wildman–Crippen LogP) is 2.24. The third-order valence-electron chi connectivity index (χ3n) is 6.15. The minimum Gasteiger partial charge on any atom is -0.340 e. The lowest BCUT2D eigenvalue weighted by molar-refractivity contribution is -0.132. The van der Waals surface area contributed by atoms with Crippen LogP contribution in [0.2, 0.25) is 0 Å². The molecule has 0 aliphatic carbocycles. The van der Waals surface area contributed by atoms with Crippen molar-refractivity contribution in [3.63, 3.8) is 0 Å². The average molecular weight is 409 g/mol. The Morgan fingerprint density at radius 3 is 2.50 bits per heavy atom. The second-order valence-corrected chi connectivity index (χ2v) is 8.03. The highest BCUT2D eigenvalue weighted by atomic mass is 35.5. The molecule has 0 aromatic rings. The monoisotopic (exact) mass is 408 g/mol. The number of nitrogens with zero attached hydrogens (tertiary/aromatic N) is 3. The van der Waals surface area contributed by atoms with Gasteiger partial charge in [0.2, 0.25) is 5.91 Å². The van der Waals surface area contributed by atoms with Crippen molar-refractivity contribution in [3.8, 4) is 0 Å². The number of nitrogens with one attached hydrogen (secondary N) is 1. The Kier molecular flexibility index (Phi) is 11.4. The van der Waals surface area contributed by atoms with Gasteiger partial charge in [0.15, 0.2) is 0 Å². The van der Waals surface area contributed by atoms with Crippen LogP contribution in [0.4, 0.5) is 0 Å². The standard InChI is InChI=1S/C19H36N4O.2ClH/c1-17-5-2-3-11-23(17)16-18-6-4-10-21(15-18)12-7-19(24)22-13-8-20-9-14-22;;/h17-18,20H,2-16H2,1H3;2*1H. The van der Waals surface area contributed by atoms with Crippen LogP contribution in [0.5, 0.6) is 0 Å². The molecule has 0 radical (unpaired) electrons. The second kappa shape index (κ2) is 12.4. The lowest BCUT2D eigenvalue weighted by Gasteiger charge is -2.39. The van der Waals surface area contributed by atoms with Crippen molar-refractivity contribution >= 4 is 30.7 Å². The molecule has 1 amide bonds. The molecule has 0 bridgehead atoms. The number of hydrogen-bond acceptors (Lipinski definition) is 4. The van der Waals surface area contributed by atoms with Crippen LogP contribution in [-0.2, 0) is 4.79 Å². The Bertz CT molecular complexity index is 407. The summed E-state index contributed by atoms with van der Waals surface area (Å²) in [5.74, 6) is 1.15. The van der Waals surface area contributed by atoms with E-state index in [1.54, 1.807) is 0 Å². The summed E-state index contributed by atoms with van der Waals surface area (Å²) < 4.78 is 0. The number of amides is 1. The third kappa shape index (κ3) is 7.16. The number of carbonyl (C=O) groups is 1. The fourth-order valence-corrected chi connectivity index (χ4v) is 4.59. The van der Waals surface area contributed by atoms with Gasteiger partial charge in [0.05, 0.1) is 0 Å². The van der Waals surface area contributed by atoms with E-state index in [4.69, 9.17) is 0 Å². The lowest BCUT2D eigenvalue weighted by Crippen LogP contribution is -2.48. The molecule has 0 spiro atoms. The molecule has 2 atom stereocenters. The summed E-state index contributed by atoms with van der Waals surface area (Å²) >= 11 is 0. The van der Waals surface area contributed by atoms with Crippen LogP contribution < -0.4 is 5.32 Å². The number of rotatable bonds is 5. The van der Waals surface area contributed by atoms with Crippen molar-refractivity contribution in [3.05, 3.63) is 0 Å². The van der Waals surface area contributed by atoms with Gasteiger partial charge in [-0.25, -0.2) is 0 Å². The van der Waals surface area contributed by atoms with Crippen LogP contribution in [0.3, 0.4) is 0 Å². The van der Waals surface area contributed by atoms with Gasteiger partial charge in [-0.2, -0.15) is 0 Å². The van der Waals surface area contributed by atoms with E-state index in [-0.39, 0.29) is 24.8 Å². The number of likely N-dealkylation sites (tertiary alicyclic amines) is 2. The maximum Gasteiger partial charge on any atom is 0.223 e.